The first kappa shape index (κ1) is 12.8. The fourth-order valence-corrected chi connectivity index (χ4v) is 1.76. The van der Waals surface area contributed by atoms with Crippen molar-refractivity contribution in [2.45, 2.75) is 13.5 Å². The van der Waals surface area contributed by atoms with E-state index in [2.05, 4.69) is 14.7 Å². The molecule has 0 radical (unpaired) electrons. The summed E-state index contributed by atoms with van der Waals surface area (Å²) in [5.41, 5.74) is 1.90. The van der Waals surface area contributed by atoms with Crippen LogP contribution < -0.4 is 4.74 Å². The van der Waals surface area contributed by atoms with Crippen molar-refractivity contribution in [2.24, 2.45) is 7.05 Å². The normalized spacial score (nSPS) is 11.0. The Morgan fingerprint density at radius 2 is 2.06 bits per heavy atom. The Morgan fingerprint density at radius 1 is 1.33 bits per heavy atom. The summed E-state index contributed by atoms with van der Waals surface area (Å²) in [6.07, 6.45) is 1.59. The molecule has 0 atom stereocenters. The van der Waals surface area contributed by atoms with Gasteiger partial charge in [0.15, 0.2) is 0 Å². The lowest BCUT2D eigenvalue weighted by atomic mass is 10.1. The molecule has 0 aromatic carbocycles. The molecule has 0 fully saturated rings. The number of aromatic nitrogens is 3. The molecule has 0 amide bonds. The first-order valence-corrected chi connectivity index (χ1v) is 5.47. The van der Waals surface area contributed by atoms with Crippen LogP contribution in [0, 0.1) is 6.92 Å². The van der Waals surface area contributed by atoms with Crippen molar-refractivity contribution >= 4 is 11.6 Å². The van der Waals surface area contributed by atoms with Crippen LogP contribution in [0.3, 0.4) is 0 Å². The quantitative estimate of drug-likeness (QED) is 0.807. The molecule has 0 saturated carbocycles. The third-order valence-electron chi connectivity index (χ3n) is 2.36. The number of rotatable bonds is 3. The standard InChI is InChI=1S/C11H10ClF2N3O/c1-6-7(3-4-9(12)15-6)8-5-17(2)11(16-8)18-10(13)14/h3-5,10H,1-2H3. The minimum Gasteiger partial charge on any atom is -0.402 e. The van der Waals surface area contributed by atoms with Crippen molar-refractivity contribution in [3.05, 3.63) is 29.2 Å². The summed E-state index contributed by atoms with van der Waals surface area (Å²) in [6.45, 7) is -1.13. The monoisotopic (exact) mass is 273 g/mol. The summed E-state index contributed by atoms with van der Waals surface area (Å²) in [5.74, 6) is 0. The van der Waals surface area contributed by atoms with E-state index in [4.69, 9.17) is 11.6 Å². The Bertz CT molecular complexity index is 571. The second-order valence-corrected chi connectivity index (χ2v) is 4.05. The van der Waals surface area contributed by atoms with E-state index in [1.54, 1.807) is 32.3 Å². The Morgan fingerprint density at radius 3 is 2.67 bits per heavy atom. The summed E-state index contributed by atoms with van der Waals surface area (Å²) >= 11 is 5.75. The molecule has 7 heteroatoms. The molecule has 0 spiro atoms. The van der Waals surface area contributed by atoms with Gasteiger partial charge in [-0.1, -0.05) is 11.6 Å². The van der Waals surface area contributed by atoms with Crippen LogP contribution in [0.1, 0.15) is 5.69 Å². The molecule has 0 aliphatic rings. The molecular weight excluding hydrogens is 264 g/mol. The number of alkyl halides is 2. The number of hydrogen-bond acceptors (Lipinski definition) is 3. The number of hydrogen-bond donors (Lipinski definition) is 0. The van der Waals surface area contributed by atoms with Gasteiger partial charge in [-0.2, -0.15) is 13.8 Å². The maximum Gasteiger partial charge on any atom is 0.389 e. The van der Waals surface area contributed by atoms with Gasteiger partial charge in [-0.25, -0.2) is 4.98 Å². The minimum atomic E-state index is -2.90. The maximum atomic E-state index is 12.1. The molecule has 4 nitrogen and oxygen atoms in total. The van der Waals surface area contributed by atoms with Gasteiger partial charge in [-0.3, -0.25) is 0 Å². The number of nitrogens with zero attached hydrogens (tertiary/aromatic N) is 3. The molecule has 2 heterocycles. The van der Waals surface area contributed by atoms with E-state index < -0.39 is 6.61 Å². The van der Waals surface area contributed by atoms with Crippen molar-refractivity contribution in [1.82, 2.24) is 14.5 Å². The third kappa shape index (κ3) is 2.59. The molecule has 0 N–H and O–H groups in total. The Labute approximate surface area is 107 Å². The molecule has 0 bridgehead atoms. The van der Waals surface area contributed by atoms with Crippen LogP contribution in [-0.4, -0.2) is 21.1 Å². The number of imidazole rings is 1. The van der Waals surface area contributed by atoms with Gasteiger partial charge in [0.05, 0.1) is 5.69 Å². The topological polar surface area (TPSA) is 39.9 Å². The van der Waals surface area contributed by atoms with E-state index in [1.165, 1.54) is 4.57 Å². The molecule has 2 rings (SSSR count). The molecule has 0 unspecified atom stereocenters. The second kappa shape index (κ2) is 4.89. The zero-order chi connectivity index (χ0) is 13.3. The number of pyridine rings is 1. The van der Waals surface area contributed by atoms with Crippen molar-refractivity contribution in [3.8, 4) is 17.3 Å². The first-order valence-electron chi connectivity index (χ1n) is 5.09. The third-order valence-corrected chi connectivity index (χ3v) is 2.57. The fourth-order valence-electron chi connectivity index (χ4n) is 1.57. The van der Waals surface area contributed by atoms with Gasteiger partial charge in [0.1, 0.15) is 5.15 Å². The fraction of sp³-hybridized carbons (Fsp3) is 0.273. The van der Waals surface area contributed by atoms with Crippen molar-refractivity contribution in [2.75, 3.05) is 0 Å². The zero-order valence-electron chi connectivity index (χ0n) is 9.69. The number of ether oxygens (including phenoxy) is 1. The largest absolute Gasteiger partial charge is 0.402 e. The van der Waals surface area contributed by atoms with E-state index >= 15 is 0 Å². The summed E-state index contributed by atoms with van der Waals surface area (Å²) in [7, 11) is 1.58. The van der Waals surface area contributed by atoms with Crippen LogP contribution in [0.25, 0.3) is 11.3 Å². The lowest BCUT2D eigenvalue weighted by Gasteiger charge is -2.02. The Balaban J connectivity index is 2.39. The van der Waals surface area contributed by atoms with Crippen molar-refractivity contribution < 1.29 is 13.5 Å². The van der Waals surface area contributed by atoms with Crippen LogP contribution >= 0.6 is 11.6 Å². The Hall–Kier alpha value is -1.69. The maximum absolute atomic E-state index is 12.1. The molecule has 2 aromatic rings. The van der Waals surface area contributed by atoms with Gasteiger partial charge in [0.2, 0.25) is 0 Å². The zero-order valence-corrected chi connectivity index (χ0v) is 10.4. The molecular formula is C11H10ClF2N3O. The number of halogens is 3. The summed E-state index contributed by atoms with van der Waals surface area (Å²) in [4.78, 5) is 8.07. The van der Waals surface area contributed by atoms with Crippen LogP contribution in [0.4, 0.5) is 8.78 Å². The van der Waals surface area contributed by atoms with Gasteiger partial charge in [-0.15, -0.1) is 0 Å². The van der Waals surface area contributed by atoms with E-state index in [-0.39, 0.29) is 6.01 Å². The lowest BCUT2D eigenvalue weighted by Crippen LogP contribution is -2.06. The minimum absolute atomic E-state index is 0.144. The predicted molar refractivity (Wildman–Crippen MR) is 62.8 cm³/mol. The van der Waals surface area contributed by atoms with Crippen LogP contribution in [0.5, 0.6) is 6.01 Å². The van der Waals surface area contributed by atoms with Gasteiger partial charge in [0.25, 0.3) is 0 Å². The summed E-state index contributed by atoms with van der Waals surface area (Å²) in [6, 6.07) is 3.21. The van der Waals surface area contributed by atoms with Gasteiger partial charge >= 0.3 is 12.6 Å². The highest BCUT2D eigenvalue weighted by atomic mass is 35.5. The van der Waals surface area contributed by atoms with Crippen LogP contribution in [0.15, 0.2) is 18.3 Å². The summed E-state index contributed by atoms with van der Waals surface area (Å²) < 4.78 is 29.9. The van der Waals surface area contributed by atoms with E-state index in [9.17, 15) is 8.78 Å². The molecule has 18 heavy (non-hydrogen) atoms. The molecule has 2 aromatic heterocycles. The van der Waals surface area contributed by atoms with E-state index in [0.717, 1.165) is 5.56 Å². The molecule has 0 saturated heterocycles. The Kier molecular flexibility index (Phi) is 3.47. The second-order valence-electron chi connectivity index (χ2n) is 3.67. The smallest absolute Gasteiger partial charge is 0.389 e. The van der Waals surface area contributed by atoms with Gasteiger partial charge in [-0.05, 0) is 19.1 Å². The highest BCUT2D eigenvalue weighted by Gasteiger charge is 2.14. The lowest BCUT2D eigenvalue weighted by molar-refractivity contribution is -0.0577. The van der Waals surface area contributed by atoms with Gasteiger partial charge in [0, 0.05) is 24.5 Å². The molecule has 0 aliphatic heterocycles. The highest BCUT2D eigenvalue weighted by Crippen LogP contribution is 2.25. The molecule has 0 aliphatic carbocycles. The molecule has 96 valence electrons. The number of aryl methyl sites for hydroxylation is 2. The first-order chi connectivity index (χ1) is 8.47. The van der Waals surface area contributed by atoms with Crippen molar-refractivity contribution in [1.29, 1.82) is 0 Å². The average Bonchev–Trinajstić information content (AvgIpc) is 2.59. The average molecular weight is 274 g/mol. The van der Waals surface area contributed by atoms with E-state index in [1.807, 2.05) is 0 Å². The van der Waals surface area contributed by atoms with Crippen LogP contribution in [0.2, 0.25) is 5.15 Å². The van der Waals surface area contributed by atoms with Crippen LogP contribution in [-0.2, 0) is 7.05 Å². The predicted octanol–water partition coefficient (Wildman–Crippen LogP) is 3.05. The highest BCUT2D eigenvalue weighted by molar-refractivity contribution is 6.29. The van der Waals surface area contributed by atoms with E-state index in [0.29, 0.717) is 16.5 Å². The summed E-state index contributed by atoms with van der Waals surface area (Å²) in [5, 5.41) is 0.372. The van der Waals surface area contributed by atoms with Crippen molar-refractivity contribution in [3.63, 3.8) is 0 Å². The SMILES string of the molecule is Cc1nc(Cl)ccc1-c1cn(C)c(OC(F)F)n1. The van der Waals surface area contributed by atoms with Gasteiger partial charge < -0.3 is 9.30 Å².